The molecule has 2 rings (SSSR count). The smallest absolute Gasteiger partial charge is 0.481 e. The third kappa shape index (κ3) is 4.60. The number of nitrogens with zero attached hydrogens (tertiary/aromatic N) is 1. The minimum absolute atomic E-state index is 0.152. The van der Waals surface area contributed by atoms with Crippen molar-refractivity contribution in [2.24, 2.45) is 0 Å². The zero-order valence-corrected chi connectivity index (χ0v) is 11.9. The van der Waals surface area contributed by atoms with Gasteiger partial charge >= 0.3 is 12.3 Å². The van der Waals surface area contributed by atoms with E-state index in [2.05, 4.69) is 9.72 Å². The molecule has 0 aliphatic rings. The summed E-state index contributed by atoms with van der Waals surface area (Å²) in [5.74, 6) is -1.29. The maximum Gasteiger partial charge on any atom is 0.573 e. The van der Waals surface area contributed by atoms with Gasteiger partial charge in [-0.05, 0) is 23.8 Å². The second-order valence-corrected chi connectivity index (χ2v) is 4.54. The van der Waals surface area contributed by atoms with Gasteiger partial charge in [0.25, 0.3) is 0 Å². The number of hydrogen-bond donors (Lipinski definition) is 1. The summed E-state index contributed by atoms with van der Waals surface area (Å²) in [4.78, 5) is 14.8. The highest BCUT2D eigenvalue weighted by atomic mass is 19.4. The second kappa shape index (κ2) is 6.55. The lowest BCUT2D eigenvalue weighted by atomic mass is 10.0. The largest absolute Gasteiger partial charge is 0.573 e. The average molecular weight is 327 g/mol. The molecule has 0 aliphatic heterocycles. The maximum atomic E-state index is 12.3. The molecule has 23 heavy (non-hydrogen) atoms. The van der Waals surface area contributed by atoms with E-state index in [0.29, 0.717) is 16.7 Å². The molecule has 0 aliphatic carbocycles. The molecule has 1 aromatic heterocycles. The second-order valence-electron chi connectivity index (χ2n) is 4.54. The van der Waals surface area contributed by atoms with Crippen LogP contribution < -0.4 is 9.47 Å². The van der Waals surface area contributed by atoms with E-state index in [1.54, 1.807) is 6.07 Å². The Bertz CT molecular complexity index is 716. The van der Waals surface area contributed by atoms with Crippen LogP contribution in [0.5, 0.6) is 11.6 Å². The Kier molecular flexibility index (Phi) is 4.73. The summed E-state index contributed by atoms with van der Waals surface area (Å²) in [7, 11) is 1.35. The number of aliphatic carboxylic acids is 1. The van der Waals surface area contributed by atoms with Crippen molar-refractivity contribution in [1.82, 2.24) is 4.98 Å². The number of carboxylic acids is 1. The van der Waals surface area contributed by atoms with E-state index in [0.717, 1.165) is 0 Å². The summed E-state index contributed by atoms with van der Waals surface area (Å²) in [6.45, 7) is 0. The molecule has 8 heteroatoms. The van der Waals surface area contributed by atoms with Crippen LogP contribution in [0.4, 0.5) is 13.2 Å². The van der Waals surface area contributed by atoms with Crippen molar-refractivity contribution in [3.8, 4) is 22.8 Å². The Balaban J connectivity index is 2.38. The van der Waals surface area contributed by atoms with E-state index >= 15 is 0 Å². The van der Waals surface area contributed by atoms with Gasteiger partial charge in [-0.1, -0.05) is 12.1 Å². The first kappa shape index (κ1) is 16.6. The highest BCUT2D eigenvalue weighted by Gasteiger charge is 2.31. The number of pyridine rings is 1. The van der Waals surface area contributed by atoms with Gasteiger partial charge in [0.1, 0.15) is 5.75 Å². The SMILES string of the molecule is COc1ncc(-c2cccc(OC(F)(F)F)c2)cc1CC(=O)O. The number of rotatable bonds is 5. The fourth-order valence-electron chi connectivity index (χ4n) is 2.00. The average Bonchev–Trinajstić information content (AvgIpc) is 2.45. The number of halogens is 3. The first-order valence-corrected chi connectivity index (χ1v) is 6.39. The number of carboxylic acid groups (broad SMARTS) is 1. The molecule has 0 atom stereocenters. The molecule has 0 bridgehead atoms. The summed E-state index contributed by atoms with van der Waals surface area (Å²) in [5, 5.41) is 8.89. The van der Waals surface area contributed by atoms with Crippen LogP contribution >= 0.6 is 0 Å². The van der Waals surface area contributed by atoms with E-state index in [1.165, 1.54) is 37.6 Å². The fraction of sp³-hybridized carbons (Fsp3) is 0.200. The lowest BCUT2D eigenvalue weighted by Crippen LogP contribution is -2.17. The normalized spacial score (nSPS) is 11.1. The van der Waals surface area contributed by atoms with Crippen LogP contribution in [-0.4, -0.2) is 29.5 Å². The molecule has 1 N–H and O–H groups in total. The van der Waals surface area contributed by atoms with Gasteiger partial charge in [0, 0.05) is 17.3 Å². The van der Waals surface area contributed by atoms with Crippen molar-refractivity contribution in [2.75, 3.05) is 7.11 Å². The van der Waals surface area contributed by atoms with Gasteiger partial charge in [0.05, 0.1) is 13.5 Å². The molecule has 0 spiro atoms. The summed E-state index contributed by atoms with van der Waals surface area (Å²) in [5.41, 5.74) is 1.18. The lowest BCUT2D eigenvalue weighted by molar-refractivity contribution is -0.274. The first-order chi connectivity index (χ1) is 10.8. The number of carbonyl (C=O) groups is 1. The molecule has 0 saturated heterocycles. The van der Waals surface area contributed by atoms with Crippen molar-refractivity contribution < 1.29 is 32.5 Å². The van der Waals surface area contributed by atoms with Crippen molar-refractivity contribution in [3.05, 3.63) is 42.1 Å². The van der Waals surface area contributed by atoms with Gasteiger partial charge in [-0.25, -0.2) is 4.98 Å². The molecule has 0 saturated carbocycles. The van der Waals surface area contributed by atoms with Crippen molar-refractivity contribution in [2.45, 2.75) is 12.8 Å². The molecular weight excluding hydrogens is 315 g/mol. The topological polar surface area (TPSA) is 68.7 Å². The molecule has 0 fully saturated rings. The predicted octanol–water partition coefficient (Wildman–Crippen LogP) is 3.28. The van der Waals surface area contributed by atoms with Crippen LogP contribution in [-0.2, 0) is 11.2 Å². The van der Waals surface area contributed by atoms with E-state index in [9.17, 15) is 18.0 Å². The molecule has 1 aromatic carbocycles. The van der Waals surface area contributed by atoms with E-state index in [-0.39, 0.29) is 18.1 Å². The van der Waals surface area contributed by atoms with Crippen LogP contribution in [0.2, 0.25) is 0 Å². The third-order valence-corrected chi connectivity index (χ3v) is 2.86. The summed E-state index contributed by atoms with van der Waals surface area (Å²) >= 11 is 0. The van der Waals surface area contributed by atoms with Gasteiger partial charge in [-0.15, -0.1) is 13.2 Å². The van der Waals surface area contributed by atoms with Crippen LogP contribution in [0, 0.1) is 0 Å². The van der Waals surface area contributed by atoms with Gasteiger partial charge in [0.2, 0.25) is 5.88 Å². The Hall–Kier alpha value is -2.77. The van der Waals surface area contributed by atoms with E-state index < -0.39 is 12.3 Å². The lowest BCUT2D eigenvalue weighted by Gasteiger charge is -2.11. The third-order valence-electron chi connectivity index (χ3n) is 2.86. The van der Waals surface area contributed by atoms with Crippen molar-refractivity contribution in [1.29, 1.82) is 0 Å². The van der Waals surface area contributed by atoms with Crippen LogP contribution in [0.25, 0.3) is 11.1 Å². The van der Waals surface area contributed by atoms with Crippen LogP contribution in [0.1, 0.15) is 5.56 Å². The molecule has 1 heterocycles. The van der Waals surface area contributed by atoms with E-state index in [1.807, 2.05) is 0 Å². The van der Waals surface area contributed by atoms with Gasteiger partial charge in [-0.3, -0.25) is 4.79 Å². The Morgan fingerprint density at radius 2 is 2.00 bits per heavy atom. The number of methoxy groups -OCH3 is 1. The number of alkyl halides is 3. The number of hydrogen-bond acceptors (Lipinski definition) is 4. The Morgan fingerprint density at radius 1 is 1.26 bits per heavy atom. The van der Waals surface area contributed by atoms with E-state index in [4.69, 9.17) is 9.84 Å². The van der Waals surface area contributed by atoms with Gasteiger partial charge < -0.3 is 14.6 Å². The maximum absolute atomic E-state index is 12.3. The Labute approximate surface area is 129 Å². The number of aromatic nitrogens is 1. The summed E-state index contributed by atoms with van der Waals surface area (Å²) < 4.78 is 45.6. The molecule has 122 valence electrons. The quantitative estimate of drug-likeness (QED) is 0.913. The van der Waals surface area contributed by atoms with Crippen molar-refractivity contribution in [3.63, 3.8) is 0 Å². The van der Waals surface area contributed by atoms with Crippen LogP contribution in [0.3, 0.4) is 0 Å². The number of benzene rings is 1. The Morgan fingerprint density at radius 3 is 2.61 bits per heavy atom. The molecule has 0 radical (unpaired) electrons. The van der Waals surface area contributed by atoms with Gasteiger partial charge in [0.15, 0.2) is 0 Å². The zero-order valence-electron chi connectivity index (χ0n) is 11.9. The number of ether oxygens (including phenoxy) is 2. The molecule has 5 nitrogen and oxygen atoms in total. The zero-order chi connectivity index (χ0) is 17.0. The minimum atomic E-state index is -4.79. The van der Waals surface area contributed by atoms with Gasteiger partial charge in [-0.2, -0.15) is 0 Å². The van der Waals surface area contributed by atoms with Crippen LogP contribution in [0.15, 0.2) is 36.5 Å². The predicted molar refractivity (Wildman–Crippen MR) is 74.2 cm³/mol. The highest BCUT2D eigenvalue weighted by Crippen LogP contribution is 2.29. The monoisotopic (exact) mass is 327 g/mol. The summed E-state index contributed by atoms with van der Waals surface area (Å²) in [6.07, 6.45) is -3.72. The summed E-state index contributed by atoms with van der Waals surface area (Å²) in [6, 6.07) is 6.84. The minimum Gasteiger partial charge on any atom is -0.481 e. The molecule has 0 unspecified atom stereocenters. The van der Waals surface area contributed by atoms with Crippen molar-refractivity contribution >= 4 is 5.97 Å². The molecule has 2 aromatic rings. The first-order valence-electron chi connectivity index (χ1n) is 6.39. The standard InChI is InChI=1S/C15H12F3NO4/c1-22-14-10(7-13(20)21)5-11(8-19-14)9-3-2-4-12(6-9)23-15(16,17)18/h2-6,8H,7H2,1H3,(H,20,21). The molecular formula is C15H12F3NO4. The fourth-order valence-corrected chi connectivity index (χ4v) is 2.00. The molecule has 0 amide bonds. The highest BCUT2D eigenvalue weighted by molar-refractivity contribution is 5.73.